The van der Waals surface area contributed by atoms with Gasteiger partial charge in [0.2, 0.25) is 5.78 Å². The first kappa shape index (κ1) is 28.0. The molecule has 0 saturated carbocycles. The zero-order valence-electron chi connectivity index (χ0n) is 22.3. The second-order valence-corrected chi connectivity index (χ2v) is 11.1. The number of ketones is 1. The molecule has 3 rings (SSSR count). The van der Waals surface area contributed by atoms with Crippen LogP contribution < -0.4 is 0 Å². The fraction of sp³-hybridized carbons (Fsp3) is 0.516. The number of carbonyl (C=O) groups excluding carboxylic acids is 3. The Morgan fingerprint density at radius 2 is 1.39 bits per heavy atom. The van der Waals surface area contributed by atoms with E-state index in [1.54, 1.807) is 18.7 Å². The van der Waals surface area contributed by atoms with Crippen LogP contribution in [0.15, 0.2) is 60.7 Å². The number of likely N-dealkylation sites (tertiary alicyclic amines) is 1. The molecule has 194 valence electrons. The van der Waals surface area contributed by atoms with Gasteiger partial charge in [-0.2, -0.15) is 0 Å². The molecule has 5 heteroatoms. The summed E-state index contributed by atoms with van der Waals surface area (Å²) in [5.41, 5.74) is 0.866. The van der Waals surface area contributed by atoms with Crippen LogP contribution in [0.3, 0.4) is 0 Å². The summed E-state index contributed by atoms with van der Waals surface area (Å²) in [6.45, 7) is 10.2. The molecule has 3 atom stereocenters. The number of amides is 1. The van der Waals surface area contributed by atoms with Crippen LogP contribution in [0.1, 0.15) is 89.7 Å². The molecule has 0 aliphatic carbocycles. The van der Waals surface area contributed by atoms with Crippen LogP contribution in [-0.2, 0) is 27.0 Å². The summed E-state index contributed by atoms with van der Waals surface area (Å²) in [5, 5.41) is -0.450. The maximum atomic E-state index is 13.8. The van der Waals surface area contributed by atoms with Gasteiger partial charge in [0.05, 0.1) is 6.04 Å². The Morgan fingerprint density at radius 3 is 1.78 bits per heavy atom. The van der Waals surface area contributed by atoms with Gasteiger partial charge in [-0.15, -0.1) is 0 Å². The number of piperidine rings is 1. The van der Waals surface area contributed by atoms with Gasteiger partial charge in [-0.25, -0.2) is 0 Å². The lowest BCUT2D eigenvalue weighted by molar-refractivity contribution is -0.158. The molecule has 0 radical (unpaired) electrons. The number of benzene rings is 2. The molecule has 1 heterocycles. The van der Waals surface area contributed by atoms with Crippen LogP contribution in [0.5, 0.6) is 0 Å². The Hall–Kier alpha value is -2.53. The third kappa shape index (κ3) is 5.13. The quantitative estimate of drug-likeness (QED) is 0.275. The highest BCUT2D eigenvalue weighted by molar-refractivity contribution is 7.77. The third-order valence-electron chi connectivity index (χ3n) is 8.52. The van der Waals surface area contributed by atoms with E-state index in [4.69, 9.17) is 12.6 Å². The Kier molecular flexibility index (Phi) is 9.10. The molecule has 4 nitrogen and oxygen atoms in total. The average Bonchev–Trinajstić information content (AvgIpc) is 2.89. The minimum absolute atomic E-state index is 0.00866. The topological polar surface area (TPSA) is 54.5 Å². The van der Waals surface area contributed by atoms with E-state index in [1.165, 1.54) is 0 Å². The Morgan fingerprint density at radius 1 is 0.917 bits per heavy atom. The highest BCUT2D eigenvalue weighted by Gasteiger charge is 2.56. The van der Waals surface area contributed by atoms with E-state index in [2.05, 4.69) is 38.1 Å². The minimum atomic E-state index is -0.847. The van der Waals surface area contributed by atoms with Crippen LogP contribution in [0, 0.1) is 10.8 Å². The van der Waals surface area contributed by atoms with Gasteiger partial charge in [0.15, 0.2) is 0 Å². The van der Waals surface area contributed by atoms with Crippen molar-refractivity contribution in [1.29, 1.82) is 0 Å². The minimum Gasteiger partial charge on any atom is -0.740 e. The first-order chi connectivity index (χ1) is 17.2. The van der Waals surface area contributed by atoms with E-state index in [9.17, 15) is 14.4 Å². The second-order valence-electron chi connectivity index (χ2n) is 10.7. The maximum Gasteiger partial charge on any atom is 0.291 e. The summed E-state index contributed by atoms with van der Waals surface area (Å²) in [4.78, 5) is 42.2. The molecule has 3 unspecified atom stereocenters. The highest BCUT2D eigenvalue weighted by Crippen LogP contribution is 2.58. The normalized spacial score (nSPS) is 22.0. The summed E-state index contributed by atoms with van der Waals surface area (Å²) in [5.74, 6) is -1.03. The van der Waals surface area contributed by atoms with Crippen molar-refractivity contribution in [1.82, 2.24) is 4.90 Å². The van der Waals surface area contributed by atoms with Crippen molar-refractivity contribution in [3.05, 3.63) is 71.8 Å². The van der Waals surface area contributed by atoms with Crippen molar-refractivity contribution in [2.75, 3.05) is 6.54 Å². The number of hydrogen-bond acceptors (Lipinski definition) is 4. The molecule has 1 amide bonds. The fourth-order valence-electron chi connectivity index (χ4n) is 6.45. The summed E-state index contributed by atoms with van der Waals surface area (Å²) >= 11 is 5.44. The van der Waals surface area contributed by atoms with E-state index in [0.717, 1.165) is 36.8 Å². The predicted octanol–water partition coefficient (Wildman–Crippen LogP) is 6.43. The standard InChI is InChI=1S/C31H41NO3S/c1-6-24(22-16-11-9-12-17-22)31(25(7-2)23-18-13-10-14-19-23)20-15-21-32(26(31)29(35)36)28(34)27(33)30(4,5)8-3/h9-14,16-19,24-26H,6-8,15,20-21H2,1-5H3,(H,35,36)/p-1. The zero-order valence-corrected chi connectivity index (χ0v) is 23.1. The number of Topliss-reactive ketones (excluding diaryl/α,β-unsaturated/α-hetero) is 1. The van der Waals surface area contributed by atoms with Crippen molar-refractivity contribution in [2.24, 2.45) is 10.8 Å². The first-order valence-electron chi connectivity index (χ1n) is 13.3. The van der Waals surface area contributed by atoms with Gasteiger partial charge in [-0.05, 0) is 55.1 Å². The van der Waals surface area contributed by atoms with Crippen LogP contribution in [0.4, 0.5) is 0 Å². The summed E-state index contributed by atoms with van der Waals surface area (Å²) in [6, 6.07) is 19.7. The SMILES string of the molecule is CCC(c1ccccc1)C1(C(CC)c2ccccc2)CCCN(C(=O)C(=O)C(C)(C)CC)C1C(=O)[S-]. The molecule has 0 aromatic heterocycles. The number of hydrogen-bond donors (Lipinski definition) is 0. The predicted molar refractivity (Wildman–Crippen MR) is 148 cm³/mol. The van der Waals surface area contributed by atoms with Crippen LogP contribution in [0.25, 0.3) is 0 Å². The second kappa shape index (κ2) is 11.7. The van der Waals surface area contributed by atoms with Gasteiger partial charge < -0.3 is 22.3 Å². The van der Waals surface area contributed by atoms with Gasteiger partial charge in [-0.1, -0.05) is 95.3 Å². The van der Waals surface area contributed by atoms with Crippen LogP contribution >= 0.6 is 0 Å². The van der Waals surface area contributed by atoms with E-state index < -0.39 is 33.7 Å². The van der Waals surface area contributed by atoms with Crippen molar-refractivity contribution < 1.29 is 14.4 Å². The fourth-order valence-corrected chi connectivity index (χ4v) is 6.80. The van der Waals surface area contributed by atoms with Crippen LogP contribution in [0.2, 0.25) is 0 Å². The summed E-state index contributed by atoms with van der Waals surface area (Å²) in [7, 11) is 0. The Bertz CT molecular complexity index is 1000. The monoisotopic (exact) mass is 506 g/mol. The summed E-state index contributed by atoms with van der Waals surface area (Å²) < 4.78 is 0. The molecule has 1 fully saturated rings. The molecule has 1 aliphatic rings. The molecule has 0 spiro atoms. The van der Waals surface area contributed by atoms with E-state index in [-0.39, 0.29) is 11.8 Å². The van der Waals surface area contributed by atoms with Crippen molar-refractivity contribution in [3.8, 4) is 0 Å². The van der Waals surface area contributed by atoms with Gasteiger partial charge in [0.1, 0.15) is 0 Å². The maximum absolute atomic E-state index is 13.8. The molecule has 0 N–H and O–H groups in total. The molecular formula is C31H40NO3S-. The van der Waals surface area contributed by atoms with Gasteiger partial charge in [0.25, 0.3) is 5.91 Å². The molecule has 0 bridgehead atoms. The lowest BCUT2D eigenvalue weighted by Crippen LogP contribution is -2.63. The lowest BCUT2D eigenvalue weighted by atomic mass is 9.53. The third-order valence-corrected chi connectivity index (χ3v) is 8.75. The van der Waals surface area contributed by atoms with E-state index >= 15 is 0 Å². The van der Waals surface area contributed by atoms with E-state index in [1.807, 2.05) is 43.3 Å². The molecule has 1 aliphatic heterocycles. The molecule has 2 aromatic rings. The molecular weight excluding hydrogens is 466 g/mol. The first-order valence-corrected chi connectivity index (χ1v) is 13.7. The number of carbonyl (C=O) groups is 3. The largest absolute Gasteiger partial charge is 0.740 e. The van der Waals surface area contributed by atoms with Crippen molar-refractivity contribution in [3.63, 3.8) is 0 Å². The highest BCUT2D eigenvalue weighted by atomic mass is 32.1. The number of nitrogens with zero attached hydrogens (tertiary/aromatic N) is 1. The zero-order chi connectivity index (χ0) is 26.5. The van der Waals surface area contributed by atoms with Crippen LogP contribution in [-0.4, -0.2) is 34.3 Å². The van der Waals surface area contributed by atoms with E-state index in [0.29, 0.717) is 13.0 Å². The Labute approximate surface area is 222 Å². The van der Waals surface area contributed by atoms with Crippen molar-refractivity contribution >= 4 is 29.4 Å². The lowest BCUT2D eigenvalue weighted by Gasteiger charge is -2.58. The smallest absolute Gasteiger partial charge is 0.291 e. The number of rotatable bonds is 10. The van der Waals surface area contributed by atoms with Crippen molar-refractivity contribution in [2.45, 2.75) is 84.6 Å². The average molecular weight is 507 g/mol. The van der Waals surface area contributed by atoms with Gasteiger partial charge in [-0.3, -0.25) is 9.59 Å². The van der Waals surface area contributed by atoms with Gasteiger partial charge in [0, 0.05) is 22.5 Å². The molecule has 1 saturated heterocycles. The molecule has 36 heavy (non-hydrogen) atoms. The van der Waals surface area contributed by atoms with Gasteiger partial charge >= 0.3 is 0 Å². The Balaban J connectivity index is 2.28. The molecule has 2 aromatic carbocycles. The summed E-state index contributed by atoms with van der Waals surface area (Å²) in [6.07, 6.45) is 3.62.